The molecule has 106 valence electrons. The summed E-state index contributed by atoms with van der Waals surface area (Å²) in [5, 5.41) is 2.39. The van der Waals surface area contributed by atoms with Gasteiger partial charge in [0.05, 0.1) is 10.8 Å². The van der Waals surface area contributed by atoms with Gasteiger partial charge in [0, 0.05) is 5.39 Å². The minimum atomic E-state index is -0.485. The predicted octanol–water partition coefficient (Wildman–Crippen LogP) is 3.61. The first-order valence-corrected chi connectivity index (χ1v) is 6.78. The summed E-state index contributed by atoms with van der Waals surface area (Å²) in [4.78, 5) is 24.4. The molecule has 0 amide bonds. The van der Waals surface area contributed by atoms with Gasteiger partial charge in [-0.15, -0.1) is 0 Å². The summed E-state index contributed by atoms with van der Waals surface area (Å²) < 4.78 is 10.9. The molecule has 5 aromatic rings. The Labute approximate surface area is 123 Å². The van der Waals surface area contributed by atoms with Gasteiger partial charge < -0.3 is 8.83 Å². The van der Waals surface area contributed by atoms with Gasteiger partial charge >= 0.3 is 11.3 Å². The van der Waals surface area contributed by atoms with E-state index in [1.165, 1.54) is 0 Å². The largest absolute Gasteiger partial charge is 0.419 e. The molecule has 0 aliphatic heterocycles. The van der Waals surface area contributed by atoms with Crippen LogP contribution >= 0.6 is 0 Å². The molecule has 0 saturated carbocycles. The lowest BCUT2D eigenvalue weighted by Crippen LogP contribution is -2.00. The quantitative estimate of drug-likeness (QED) is 0.496. The van der Waals surface area contributed by atoms with Crippen molar-refractivity contribution in [2.75, 3.05) is 0 Å². The maximum atomic E-state index is 12.3. The normalized spacial score (nSPS) is 11.1. The van der Waals surface area contributed by atoms with Crippen molar-refractivity contribution in [3.05, 3.63) is 81.5 Å². The van der Waals surface area contributed by atoms with Crippen LogP contribution in [-0.4, -0.2) is 0 Å². The van der Waals surface area contributed by atoms with E-state index < -0.39 is 11.3 Å². The van der Waals surface area contributed by atoms with Crippen molar-refractivity contribution >= 4 is 32.7 Å². The fraction of sp³-hybridized carbons (Fsp3) is 0. The molecular weight excluding hydrogens is 280 g/mol. The van der Waals surface area contributed by atoms with E-state index in [2.05, 4.69) is 0 Å². The van der Waals surface area contributed by atoms with Crippen molar-refractivity contribution in [3.8, 4) is 0 Å². The van der Waals surface area contributed by atoms with Crippen LogP contribution in [0.4, 0.5) is 0 Å². The summed E-state index contributed by atoms with van der Waals surface area (Å²) in [5.74, 6) is 0. The molecule has 0 atom stereocenters. The third-order valence-electron chi connectivity index (χ3n) is 3.60. The highest BCUT2D eigenvalue weighted by Gasteiger charge is 2.05. The van der Waals surface area contributed by atoms with E-state index in [0.717, 1.165) is 10.8 Å². The molecular formula is C18H10O4. The molecule has 0 saturated heterocycles. The van der Waals surface area contributed by atoms with Crippen molar-refractivity contribution in [2.24, 2.45) is 0 Å². The fourth-order valence-electron chi connectivity index (χ4n) is 2.46. The smallest absolute Gasteiger partial charge is 0.343 e. The Morgan fingerprint density at radius 3 is 1.91 bits per heavy atom. The van der Waals surface area contributed by atoms with E-state index in [1.807, 2.05) is 30.3 Å². The maximum Gasteiger partial charge on any atom is 0.343 e. The van der Waals surface area contributed by atoms with Crippen LogP contribution in [0, 0.1) is 0 Å². The van der Waals surface area contributed by atoms with E-state index in [4.69, 9.17) is 8.83 Å². The number of hydrogen-bond acceptors (Lipinski definition) is 4. The number of rotatable bonds is 0. The van der Waals surface area contributed by atoms with Gasteiger partial charge in [-0.3, -0.25) is 0 Å². The molecule has 4 nitrogen and oxygen atoms in total. The van der Waals surface area contributed by atoms with E-state index in [-0.39, 0.29) is 11.2 Å². The Bertz CT molecular complexity index is 1150. The molecule has 0 unspecified atom stereocenters. The van der Waals surface area contributed by atoms with E-state index in [9.17, 15) is 9.59 Å². The second-order valence-corrected chi connectivity index (χ2v) is 4.97. The maximum absolute atomic E-state index is 12.3. The van der Waals surface area contributed by atoms with Crippen LogP contribution in [-0.2, 0) is 0 Å². The molecule has 22 heavy (non-hydrogen) atoms. The first-order valence-electron chi connectivity index (χ1n) is 6.78. The van der Waals surface area contributed by atoms with Crippen LogP contribution in [0.1, 0.15) is 0 Å². The molecule has 0 aliphatic carbocycles. The highest BCUT2D eigenvalue weighted by Crippen LogP contribution is 2.22. The van der Waals surface area contributed by atoms with Crippen LogP contribution < -0.4 is 11.3 Å². The summed E-state index contributed by atoms with van der Waals surface area (Å²) in [6.07, 6.45) is 0. The summed E-state index contributed by atoms with van der Waals surface area (Å²) in [5.41, 5.74) is -0.471. The Morgan fingerprint density at radius 1 is 0.591 bits per heavy atom. The number of hydrogen-bond donors (Lipinski definition) is 0. The lowest BCUT2D eigenvalue weighted by Gasteiger charge is -1.99. The monoisotopic (exact) mass is 290 g/mol. The Hall–Kier alpha value is -3.14. The third-order valence-corrected chi connectivity index (χ3v) is 3.60. The van der Waals surface area contributed by atoms with Gasteiger partial charge in [0.2, 0.25) is 0 Å². The molecule has 3 aromatic carbocycles. The lowest BCUT2D eigenvalue weighted by atomic mass is 10.1. The van der Waals surface area contributed by atoms with E-state index in [1.54, 1.807) is 30.3 Å². The van der Waals surface area contributed by atoms with Crippen LogP contribution in [0.2, 0.25) is 0 Å². The highest BCUT2D eigenvalue weighted by atomic mass is 16.4. The third kappa shape index (κ3) is 1.93. The molecule has 0 radical (unpaired) electrons. The van der Waals surface area contributed by atoms with Gasteiger partial charge in [-0.2, -0.15) is 0 Å². The molecule has 0 N–H and O–H groups in total. The molecule has 2 bridgehead atoms. The van der Waals surface area contributed by atoms with E-state index >= 15 is 0 Å². The van der Waals surface area contributed by atoms with Gasteiger partial charge in [-0.05, 0) is 35.7 Å². The Balaban J connectivity index is 2.37. The van der Waals surface area contributed by atoms with Gasteiger partial charge in [-0.25, -0.2) is 9.59 Å². The molecule has 4 heteroatoms. The van der Waals surface area contributed by atoms with Crippen molar-refractivity contribution < 1.29 is 8.83 Å². The fourth-order valence-corrected chi connectivity index (χ4v) is 2.46. The van der Waals surface area contributed by atoms with Crippen molar-refractivity contribution in [1.82, 2.24) is 0 Å². The summed E-state index contributed by atoms with van der Waals surface area (Å²) >= 11 is 0. The zero-order valence-corrected chi connectivity index (χ0v) is 11.4. The van der Waals surface area contributed by atoms with Gasteiger partial charge in [-0.1, -0.05) is 30.3 Å². The molecule has 0 spiro atoms. The molecule has 2 aromatic heterocycles. The number of fused-ring (bicyclic) bond motifs is 5. The Morgan fingerprint density at radius 2 is 1.18 bits per heavy atom. The number of benzene rings is 3. The molecule has 0 aliphatic rings. The molecule has 0 fully saturated rings. The van der Waals surface area contributed by atoms with Crippen LogP contribution in [0.25, 0.3) is 32.7 Å². The van der Waals surface area contributed by atoms with Crippen LogP contribution in [0.5, 0.6) is 0 Å². The Kier molecular flexibility index (Phi) is 2.69. The minimum Gasteiger partial charge on any atom is -0.419 e. The minimum absolute atomic E-state index is 0.236. The topological polar surface area (TPSA) is 60.4 Å². The SMILES string of the molecule is O=c1oc2ccc3ccccc3c2oc(=O)c2ccc1cc2. The predicted molar refractivity (Wildman–Crippen MR) is 84.8 cm³/mol. The van der Waals surface area contributed by atoms with E-state index in [0.29, 0.717) is 10.8 Å². The van der Waals surface area contributed by atoms with Crippen LogP contribution in [0.3, 0.4) is 0 Å². The first-order chi connectivity index (χ1) is 10.7. The van der Waals surface area contributed by atoms with Crippen molar-refractivity contribution in [2.45, 2.75) is 0 Å². The average Bonchev–Trinajstić information content (AvgIpc) is 2.56. The standard InChI is InChI=1S/C18H10O4/c19-17-12-5-7-13(8-6-12)18(20)22-16-14-4-2-1-3-11(14)9-10-15(16)21-17/h1-10H. The van der Waals surface area contributed by atoms with Gasteiger partial charge in [0.25, 0.3) is 0 Å². The second-order valence-electron chi connectivity index (χ2n) is 4.97. The van der Waals surface area contributed by atoms with Gasteiger partial charge in [0.15, 0.2) is 11.2 Å². The summed E-state index contributed by atoms with van der Waals surface area (Å²) in [7, 11) is 0. The second kappa shape index (κ2) is 4.70. The highest BCUT2D eigenvalue weighted by molar-refractivity contribution is 6.01. The molecule has 5 rings (SSSR count). The van der Waals surface area contributed by atoms with Gasteiger partial charge in [0.1, 0.15) is 0 Å². The lowest BCUT2D eigenvalue weighted by molar-refractivity contribution is 0.535. The van der Waals surface area contributed by atoms with Crippen molar-refractivity contribution in [3.63, 3.8) is 0 Å². The molecule has 2 heterocycles. The average molecular weight is 290 g/mol. The first kappa shape index (κ1) is 12.6. The zero-order valence-electron chi connectivity index (χ0n) is 11.4. The van der Waals surface area contributed by atoms with Crippen LogP contribution in [0.15, 0.2) is 79.1 Å². The zero-order chi connectivity index (χ0) is 15.1. The summed E-state index contributed by atoms with van der Waals surface area (Å²) in [6, 6.07) is 17.1. The van der Waals surface area contributed by atoms with Crippen molar-refractivity contribution in [1.29, 1.82) is 0 Å². The summed E-state index contributed by atoms with van der Waals surface area (Å²) in [6.45, 7) is 0.